The van der Waals surface area contributed by atoms with Crippen molar-refractivity contribution in [1.82, 2.24) is 10.2 Å². The van der Waals surface area contributed by atoms with Crippen molar-refractivity contribution in [3.05, 3.63) is 35.9 Å². The summed E-state index contributed by atoms with van der Waals surface area (Å²) in [6.45, 7) is 0.846. The van der Waals surface area contributed by atoms with Crippen LogP contribution in [0.15, 0.2) is 30.3 Å². The van der Waals surface area contributed by atoms with E-state index in [0.717, 1.165) is 0 Å². The third kappa shape index (κ3) is 7.47. The Morgan fingerprint density at radius 3 is 2.42 bits per heavy atom. The number of amides is 3. The summed E-state index contributed by atoms with van der Waals surface area (Å²) in [4.78, 5) is 38.5. The highest BCUT2D eigenvalue weighted by Gasteiger charge is 2.50. The SMILES string of the molecule is CC(=O)N[C@@H]1[C@@H](O)[C@@H](O)[C@@H](CO)O[C@@H]1N(C(=O)CCCCCN)C(=O)OCc1ccccc1. The number of unbranched alkanes of at least 4 members (excludes halogenated alkanes) is 2. The molecule has 0 unspecified atom stereocenters. The zero-order valence-corrected chi connectivity index (χ0v) is 18.6. The van der Waals surface area contributed by atoms with Crippen molar-refractivity contribution in [2.24, 2.45) is 5.73 Å². The maximum atomic E-state index is 13.1. The minimum Gasteiger partial charge on any atom is -0.444 e. The Morgan fingerprint density at radius 1 is 1.12 bits per heavy atom. The summed E-state index contributed by atoms with van der Waals surface area (Å²) in [5.74, 6) is -1.22. The highest BCUT2D eigenvalue weighted by atomic mass is 16.6. The molecule has 1 aromatic rings. The molecule has 0 aliphatic carbocycles. The zero-order valence-electron chi connectivity index (χ0n) is 18.6. The Balaban J connectivity index is 2.29. The second-order valence-electron chi connectivity index (χ2n) is 7.86. The van der Waals surface area contributed by atoms with E-state index in [9.17, 15) is 29.7 Å². The van der Waals surface area contributed by atoms with Crippen LogP contribution in [0.5, 0.6) is 0 Å². The number of nitrogens with two attached hydrogens (primary N) is 1. The van der Waals surface area contributed by atoms with Crippen LogP contribution in [0.1, 0.15) is 38.2 Å². The summed E-state index contributed by atoms with van der Waals surface area (Å²) in [6.07, 6.45) is -5.21. The third-order valence-electron chi connectivity index (χ3n) is 5.29. The molecule has 0 saturated carbocycles. The van der Waals surface area contributed by atoms with Crippen molar-refractivity contribution in [1.29, 1.82) is 0 Å². The largest absolute Gasteiger partial charge is 0.444 e. The van der Waals surface area contributed by atoms with Crippen LogP contribution in [-0.4, -0.2) is 81.9 Å². The van der Waals surface area contributed by atoms with Crippen molar-refractivity contribution in [2.45, 2.75) is 69.8 Å². The second-order valence-corrected chi connectivity index (χ2v) is 7.86. The number of carbonyl (C=O) groups excluding carboxylic acids is 3. The molecule has 11 heteroatoms. The lowest BCUT2D eigenvalue weighted by Crippen LogP contribution is -2.69. The molecule has 1 aliphatic rings. The molecule has 0 radical (unpaired) electrons. The van der Waals surface area contributed by atoms with Crippen LogP contribution in [-0.2, 0) is 25.7 Å². The molecule has 11 nitrogen and oxygen atoms in total. The van der Waals surface area contributed by atoms with Gasteiger partial charge in [-0.05, 0) is 24.9 Å². The van der Waals surface area contributed by atoms with Gasteiger partial charge in [-0.2, -0.15) is 0 Å². The van der Waals surface area contributed by atoms with Gasteiger partial charge in [0.2, 0.25) is 11.8 Å². The maximum Gasteiger partial charge on any atom is 0.419 e. The van der Waals surface area contributed by atoms with E-state index in [2.05, 4.69) is 5.32 Å². The molecule has 1 fully saturated rings. The molecule has 1 aromatic carbocycles. The molecule has 5 atom stereocenters. The smallest absolute Gasteiger partial charge is 0.419 e. The first-order chi connectivity index (χ1) is 15.8. The summed E-state index contributed by atoms with van der Waals surface area (Å²) < 4.78 is 10.9. The summed E-state index contributed by atoms with van der Waals surface area (Å²) in [7, 11) is 0. The Hall–Kier alpha value is -2.57. The lowest BCUT2D eigenvalue weighted by Gasteiger charge is -2.45. The Bertz CT molecular complexity index is 778. The molecule has 1 heterocycles. The number of hydrogen-bond acceptors (Lipinski definition) is 9. The highest BCUT2D eigenvalue weighted by molar-refractivity contribution is 5.92. The van der Waals surface area contributed by atoms with E-state index >= 15 is 0 Å². The average Bonchev–Trinajstić information content (AvgIpc) is 2.80. The van der Waals surface area contributed by atoms with Crippen LogP contribution < -0.4 is 11.1 Å². The van der Waals surface area contributed by atoms with Crippen molar-refractivity contribution in [2.75, 3.05) is 13.2 Å². The minimum atomic E-state index is -1.61. The van der Waals surface area contributed by atoms with Gasteiger partial charge in [-0.15, -0.1) is 0 Å². The van der Waals surface area contributed by atoms with E-state index in [4.69, 9.17) is 15.2 Å². The van der Waals surface area contributed by atoms with Gasteiger partial charge >= 0.3 is 6.09 Å². The van der Waals surface area contributed by atoms with Crippen LogP contribution >= 0.6 is 0 Å². The quantitative estimate of drug-likeness (QED) is 0.287. The van der Waals surface area contributed by atoms with Crippen LogP contribution in [0.4, 0.5) is 4.79 Å². The van der Waals surface area contributed by atoms with E-state index in [1.54, 1.807) is 30.3 Å². The molecule has 184 valence electrons. The first-order valence-electron chi connectivity index (χ1n) is 10.9. The fourth-order valence-electron chi connectivity index (χ4n) is 3.56. The number of ether oxygens (including phenoxy) is 2. The van der Waals surface area contributed by atoms with Gasteiger partial charge in [0.05, 0.1) is 6.61 Å². The van der Waals surface area contributed by atoms with Crippen LogP contribution in [0, 0.1) is 0 Å². The predicted octanol–water partition coefficient (Wildman–Crippen LogP) is -0.385. The molecule has 1 aliphatic heterocycles. The monoisotopic (exact) mass is 467 g/mol. The number of carbonyl (C=O) groups is 3. The van der Waals surface area contributed by atoms with Crippen LogP contribution in [0.2, 0.25) is 0 Å². The summed E-state index contributed by atoms with van der Waals surface area (Å²) in [5, 5.41) is 32.8. The van der Waals surface area contributed by atoms with Gasteiger partial charge in [-0.25, -0.2) is 9.69 Å². The predicted molar refractivity (Wildman–Crippen MR) is 116 cm³/mol. The number of nitrogens with one attached hydrogen (secondary N) is 1. The molecule has 2 rings (SSSR count). The summed E-state index contributed by atoms with van der Waals surface area (Å²) >= 11 is 0. The van der Waals surface area contributed by atoms with Crippen LogP contribution in [0.3, 0.4) is 0 Å². The molecule has 33 heavy (non-hydrogen) atoms. The van der Waals surface area contributed by atoms with Crippen molar-refractivity contribution >= 4 is 17.9 Å². The molecule has 3 amide bonds. The number of nitrogens with zero attached hydrogens (tertiary/aromatic N) is 1. The molecule has 6 N–H and O–H groups in total. The zero-order chi connectivity index (χ0) is 24.4. The first kappa shape index (κ1) is 26.7. The number of rotatable bonds is 10. The highest BCUT2D eigenvalue weighted by Crippen LogP contribution is 2.26. The summed E-state index contributed by atoms with van der Waals surface area (Å²) in [5.41, 5.74) is 6.17. The van der Waals surface area contributed by atoms with E-state index < -0.39 is 55.1 Å². The van der Waals surface area contributed by atoms with Gasteiger partial charge < -0.3 is 35.8 Å². The first-order valence-corrected chi connectivity index (χ1v) is 10.9. The molecule has 0 aromatic heterocycles. The van der Waals surface area contributed by atoms with Crippen molar-refractivity contribution in [3.63, 3.8) is 0 Å². The maximum absolute atomic E-state index is 13.1. The third-order valence-corrected chi connectivity index (χ3v) is 5.29. The van der Waals surface area contributed by atoms with Gasteiger partial charge in [0.15, 0.2) is 6.23 Å². The van der Waals surface area contributed by atoms with E-state index in [1.165, 1.54) is 6.92 Å². The molecule has 0 bridgehead atoms. The van der Waals surface area contributed by atoms with Crippen LogP contribution in [0.25, 0.3) is 0 Å². The average molecular weight is 468 g/mol. The van der Waals surface area contributed by atoms with Gasteiger partial charge in [0.1, 0.15) is 31.0 Å². The lowest BCUT2D eigenvalue weighted by atomic mass is 9.95. The van der Waals surface area contributed by atoms with Crippen molar-refractivity contribution in [3.8, 4) is 0 Å². The van der Waals surface area contributed by atoms with Gasteiger partial charge in [0, 0.05) is 13.3 Å². The van der Waals surface area contributed by atoms with Gasteiger partial charge in [-0.1, -0.05) is 36.8 Å². The molecule has 0 spiro atoms. The molecular formula is C22H33N3O8. The number of aliphatic hydroxyl groups excluding tert-OH is 3. The minimum absolute atomic E-state index is 0.0322. The Kier molecular flexibility index (Phi) is 10.7. The number of benzene rings is 1. The fraction of sp³-hybridized carbons (Fsp3) is 0.591. The van der Waals surface area contributed by atoms with E-state index in [0.29, 0.717) is 36.3 Å². The summed E-state index contributed by atoms with van der Waals surface area (Å²) in [6, 6.07) is 7.49. The molecular weight excluding hydrogens is 434 g/mol. The number of aliphatic hydroxyl groups is 3. The normalized spacial score (nSPS) is 24.7. The Labute approximate surface area is 192 Å². The molecule has 1 saturated heterocycles. The lowest BCUT2D eigenvalue weighted by molar-refractivity contribution is -0.226. The Morgan fingerprint density at radius 2 is 1.82 bits per heavy atom. The second kappa shape index (κ2) is 13.2. The number of hydrogen-bond donors (Lipinski definition) is 5. The van der Waals surface area contributed by atoms with E-state index in [-0.39, 0.29) is 13.0 Å². The fourth-order valence-corrected chi connectivity index (χ4v) is 3.56. The van der Waals surface area contributed by atoms with Crippen molar-refractivity contribution < 1.29 is 39.2 Å². The standard InChI is InChI=1S/C22H33N3O8/c1-14(27)24-18-20(30)19(29)16(12-26)33-21(18)25(17(28)10-6-3-7-11-23)22(31)32-13-15-8-4-2-5-9-15/h2,4-5,8-9,16,18-21,26,29-30H,3,6-7,10-13,23H2,1H3,(H,24,27)/t16-,18-,19+,20-,21+/m1/s1. The van der Waals surface area contributed by atoms with Gasteiger partial charge in [-0.3, -0.25) is 9.59 Å². The number of imide groups is 1. The topological polar surface area (TPSA) is 172 Å². The van der Waals surface area contributed by atoms with Gasteiger partial charge in [0.25, 0.3) is 0 Å². The van der Waals surface area contributed by atoms with E-state index in [1.807, 2.05) is 0 Å².